The lowest BCUT2D eigenvalue weighted by molar-refractivity contribution is 0.528. The van der Waals surface area contributed by atoms with Crippen molar-refractivity contribution in [2.45, 2.75) is 33.2 Å². The van der Waals surface area contributed by atoms with E-state index < -0.39 is 0 Å². The molecule has 0 atom stereocenters. The van der Waals surface area contributed by atoms with Gasteiger partial charge < -0.3 is 5.32 Å². The van der Waals surface area contributed by atoms with Crippen LogP contribution < -0.4 is 5.32 Å². The average molecular weight is 242 g/mol. The van der Waals surface area contributed by atoms with E-state index in [0.29, 0.717) is 11.1 Å². The highest BCUT2D eigenvalue weighted by atomic mass is 35.5. The fourth-order valence-corrected chi connectivity index (χ4v) is 1.67. The van der Waals surface area contributed by atoms with E-state index in [0.717, 1.165) is 25.2 Å². The number of hydrogen-bond acceptors (Lipinski definition) is 2. The van der Waals surface area contributed by atoms with Crippen LogP contribution >= 0.6 is 11.6 Å². The van der Waals surface area contributed by atoms with Gasteiger partial charge in [0, 0.05) is 6.04 Å². The molecule has 0 amide bonds. The maximum Gasteiger partial charge on any atom is 0.0859 e. The van der Waals surface area contributed by atoms with E-state index in [1.54, 1.807) is 6.20 Å². The van der Waals surface area contributed by atoms with Crippen molar-refractivity contribution in [3.8, 4) is 0 Å². The SMILES string of the molecule is CCNCC/C=C/c1c(Cl)cnn1C(C)C. The van der Waals surface area contributed by atoms with Crippen molar-refractivity contribution in [1.29, 1.82) is 0 Å². The van der Waals surface area contributed by atoms with Crippen molar-refractivity contribution in [3.05, 3.63) is 23.0 Å². The summed E-state index contributed by atoms with van der Waals surface area (Å²) >= 11 is 6.08. The predicted molar refractivity (Wildman–Crippen MR) is 69.8 cm³/mol. The molecule has 0 saturated heterocycles. The monoisotopic (exact) mass is 241 g/mol. The Hall–Kier alpha value is -0.800. The normalized spacial score (nSPS) is 11.8. The molecule has 1 N–H and O–H groups in total. The molecule has 1 aromatic rings. The van der Waals surface area contributed by atoms with Gasteiger partial charge in [-0.05, 0) is 39.4 Å². The molecule has 1 aromatic heterocycles. The Morgan fingerprint density at radius 3 is 2.94 bits per heavy atom. The van der Waals surface area contributed by atoms with Gasteiger partial charge in [0.25, 0.3) is 0 Å². The summed E-state index contributed by atoms with van der Waals surface area (Å²) in [5.74, 6) is 0. The van der Waals surface area contributed by atoms with Crippen LogP contribution in [0.25, 0.3) is 6.08 Å². The fraction of sp³-hybridized carbons (Fsp3) is 0.583. The topological polar surface area (TPSA) is 29.9 Å². The molecule has 0 radical (unpaired) electrons. The van der Waals surface area contributed by atoms with Crippen LogP contribution in [0, 0.1) is 0 Å². The Bertz CT molecular complexity index is 342. The summed E-state index contributed by atoms with van der Waals surface area (Å²) in [6.45, 7) is 8.31. The van der Waals surface area contributed by atoms with Gasteiger partial charge in [0.2, 0.25) is 0 Å². The van der Waals surface area contributed by atoms with Crippen LogP contribution in [0.1, 0.15) is 38.9 Å². The van der Waals surface area contributed by atoms with Crippen molar-refractivity contribution < 1.29 is 0 Å². The molecule has 16 heavy (non-hydrogen) atoms. The van der Waals surface area contributed by atoms with Crippen molar-refractivity contribution in [3.63, 3.8) is 0 Å². The molecule has 90 valence electrons. The van der Waals surface area contributed by atoms with Crippen LogP contribution in [0.2, 0.25) is 5.02 Å². The first-order chi connectivity index (χ1) is 7.66. The summed E-state index contributed by atoms with van der Waals surface area (Å²) < 4.78 is 1.94. The molecule has 0 aliphatic rings. The third-order valence-electron chi connectivity index (χ3n) is 2.29. The largest absolute Gasteiger partial charge is 0.317 e. The Kier molecular flexibility index (Phi) is 5.56. The number of aromatic nitrogens is 2. The zero-order valence-electron chi connectivity index (χ0n) is 10.2. The number of halogens is 1. The Labute approximate surface area is 102 Å². The lowest BCUT2D eigenvalue weighted by Gasteiger charge is -2.08. The molecule has 0 aliphatic heterocycles. The van der Waals surface area contributed by atoms with Crippen molar-refractivity contribution in [1.82, 2.24) is 15.1 Å². The summed E-state index contributed by atoms with van der Waals surface area (Å²) in [6, 6.07) is 0.334. The lowest BCUT2D eigenvalue weighted by Crippen LogP contribution is -2.12. The first-order valence-electron chi connectivity index (χ1n) is 5.77. The highest BCUT2D eigenvalue weighted by Gasteiger charge is 2.07. The molecule has 1 rings (SSSR count). The van der Waals surface area contributed by atoms with Gasteiger partial charge in [-0.15, -0.1) is 0 Å². The maximum absolute atomic E-state index is 6.08. The first-order valence-corrected chi connectivity index (χ1v) is 6.14. The van der Waals surface area contributed by atoms with Gasteiger partial charge in [-0.2, -0.15) is 5.10 Å². The highest BCUT2D eigenvalue weighted by molar-refractivity contribution is 6.31. The minimum Gasteiger partial charge on any atom is -0.317 e. The van der Waals surface area contributed by atoms with E-state index in [1.807, 2.05) is 10.8 Å². The fourth-order valence-electron chi connectivity index (χ4n) is 1.48. The molecule has 0 spiro atoms. The Balaban J connectivity index is 2.61. The van der Waals surface area contributed by atoms with Crippen LogP contribution in [0.5, 0.6) is 0 Å². The summed E-state index contributed by atoms with van der Waals surface area (Å²) in [4.78, 5) is 0. The van der Waals surface area contributed by atoms with E-state index in [-0.39, 0.29) is 0 Å². The van der Waals surface area contributed by atoms with E-state index in [1.165, 1.54) is 0 Å². The molecule has 0 bridgehead atoms. The average Bonchev–Trinajstić information content (AvgIpc) is 2.60. The van der Waals surface area contributed by atoms with Crippen molar-refractivity contribution in [2.75, 3.05) is 13.1 Å². The smallest absolute Gasteiger partial charge is 0.0859 e. The van der Waals surface area contributed by atoms with Crippen LogP contribution in [0.4, 0.5) is 0 Å². The second-order valence-electron chi connectivity index (χ2n) is 3.96. The first kappa shape index (κ1) is 13.3. The minimum absolute atomic E-state index is 0.334. The molecular weight excluding hydrogens is 222 g/mol. The standard InChI is InChI=1S/C12H20ClN3/c1-4-14-8-6-5-7-12-11(13)9-15-16(12)10(2)3/h5,7,9-10,14H,4,6,8H2,1-3H3/b7-5+. The summed E-state index contributed by atoms with van der Waals surface area (Å²) in [5, 5.41) is 8.24. The van der Waals surface area contributed by atoms with Crippen LogP contribution in [0.15, 0.2) is 12.3 Å². The van der Waals surface area contributed by atoms with Gasteiger partial charge in [-0.1, -0.05) is 24.6 Å². The molecule has 0 aliphatic carbocycles. The quantitative estimate of drug-likeness (QED) is 0.776. The second kappa shape index (κ2) is 6.71. The van der Waals surface area contributed by atoms with Crippen LogP contribution in [-0.2, 0) is 0 Å². The van der Waals surface area contributed by atoms with Crippen molar-refractivity contribution in [2.24, 2.45) is 0 Å². The second-order valence-corrected chi connectivity index (χ2v) is 4.37. The van der Waals surface area contributed by atoms with Crippen molar-refractivity contribution >= 4 is 17.7 Å². The molecule has 4 heteroatoms. The lowest BCUT2D eigenvalue weighted by atomic mass is 10.3. The predicted octanol–water partition coefficient (Wildman–Crippen LogP) is 3.13. The van der Waals surface area contributed by atoms with E-state index in [2.05, 4.69) is 37.3 Å². The third-order valence-corrected chi connectivity index (χ3v) is 2.58. The Morgan fingerprint density at radius 2 is 2.31 bits per heavy atom. The van der Waals surface area contributed by atoms with E-state index >= 15 is 0 Å². The van der Waals surface area contributed by atoms with Gasteiger partial charge in [0.1, 0.15) is 0 Å². The number of nitrogens with zero attached hydrogens (tertiary/aromatic N) is 2. The molecule has 0 aromatic carbocycles. The molecule has 0 unspecified atom stereocenters. The summed E-state index contributed by atoms with van der Waals surface area (Å²) in [7, 11) is 0. The molecule has 0 fully saturated rings. The summed E-state index contributed by atoms with van der Waals surface area (Å²) in [5.41, 5.74) is 0.994. The van der Waals surface area contributed by atoms with Gasteiger partial charge in [-0.25, -0.2) is 0 Å². The number of rotatable bonds is 6. The summed E-state index contributed by atoms with van der Waals surface area (Å²) in [6.07, 6.45) is 6.88. The molecular formula is C12H20ClN3. The van der Waals surface area contributed by atoms with E-state index in [9.17, 15) is 0 Å². The van der Waals surface area contributed by atoms with Crippen LogP contribution in [0.3, 0.4) is 0 Å². The van der Waals surface area contributed by atoms with Gasteiger partial charge in [0.05, 0.1) is 16.9 Å². The van der Waals surface area contributed by atoms with Gasteiger partial charge in [0.15, 0.2) is 0 Å². The number of hydrogen-bond donors (Lipinski definition) is 1. The zero-order chi connectivity index (χ0) is 12.0. The van der Waals surface area contributed by atoms with Gasteiger partial charge in [-0.3, -0.25) is 4.68 Å². The Morgan fingerprint density at radius 1 is 1.56 bits per heavy atom. The zero-order valence-corrected chi connectivity index (χ0v) is 11.0. The third kappa shape index (κ3) is 3.65. The van der Waals surface area contributed by atoms with Gasteiger partial charge >= 0.3 is 0 Å². The van der Waals surface area contributed by atoms with Crippen LogP contribution in [-0.4, -0.2) is 22.9 Å². The highest BCUT2D eigenvalue weighted by Crippen LogP contribution is 2.20. The van der Waals surface area contributed by atoms with E-state index in [4.69, 9.17) is 11.6 Å². The molecule has 3 nitrogen and oxygen atoms in total. The number of nitrogens with one attached hydrogen (secondary N) is 1. The molecule has 1 heterocycles. The minimum atomic E-state index is 0.334. The maximum atomic E-state index is 6.08. The molecule has 0 saturated carbocycles.